The Morgan fingerprint density at radius 2 is 2.14 bits per heavy atom. The summed E-state index contributed by atoms with van der Waals surface area (Å²) in [5.74, 6) is 0.0251. The van der Waals surface area contributed by atoms with Gasteiger partial charge in [-0.15, -0.1) is 0 Å². The summed E-state index contributed by atoms with van der Waals surface area (Å²) in [7, 11) is 1.80. The Labute approximate surface area is 84.9 Å². The Bertz CT molecular complexity index is 255. The molecule has 0 aromatic carbocycles. The van der Waals surface area contributed by atoms with Gasteiger partial charge in [-0.25, -0.2) is 0 Å². The highest BCUT2D eigenvalue weighted by Crippen LogP contribution is 2.19. The predicted molar refractivity (Wildman–Crippen MR) is 53.5 cm³/mol. The van der Waals surface area contributed by atoms with Gasteiger partial charge >= 0.3 is 0 Å². The summed E-state index contributed by atoms with van der Waals surface area (Å²) in [4.78, 5) is 13.4. The van der Waals surface area contributed by atoms with E-state index in [4.69, 9.17) is 5.26 Å². The lowest BCUT2D eigenvalue weighted by molar-refractivity contribution is -0.125. The van der Waals surface area contributed by atoms with E-state index in [-0.39, 0.29) is 18.0 Å². The molecule has 1 aliphatic carbocycles. The molecule has 14 heavy (non-hydrogen) atoms. The number of hydrogen-bond acceptors (Lipinski definition) is 3. The van der Waals surface area contributed by atoms with Gasteiger partial charge in [0.15, 0.2) is 0 Å². The summed E-state index contributed by atoms with van der Waals surface area (Å²) in [6.45, 7) is 3.62. The molecule has 1 rings (SSSR count). The van der Waals surface area contributed by atoms with E-state index >= 15 is 0 Å². The lowest BCUT2D eigenvalue weighted by Gasteiger charge is -2.25. The number of carbonyl (C=O) groups is 1. The van der Waals surface area contributed by atoms with Crippen LogP contribution in [0.2, 0.25) is 0 Å². The fourth-order valence-electron chi connectivity index (χ4n) is 1.16. The molecule has 1 saturated carbocycles. The highest BCUT2D eigenvalue weighted by Gasteiger charge is 2.28. The van der Waals surface area contributed by atoms with Gasteiger partial charge in [-0.1, -0.05) is 0 Å². The number of likely N-dealkylation sites (N-methyl/N-ethyl adjacent to an activating group) is 1. The third kappa shape index (κ3) is 2.71. The van der Waals surface area contributed by atoms with E-state index in [1.807, 2.05) is 6.92 Å². The molecule has 4 nitrogen and oxygen atoms in total. The molecule has 0 bridgehead atoms. The van der Waals surface area contributed by atoms with Crippen LogP contribution in [-0.4, -0.2) is 36.0 Å². The van der Waals surface area contributed by atoms with Crippen molar-refractivity contribution in [1.82, 2.24) is 10.2 Å². The zero-order valence-corrected chi connectivity index (χ0v) is 8.95. The molecule has 0 aromatic heterocycles. The van der Waals surface area contributed by atoms with Crippen molar-refractivity contribution in [2.75, 3.05) is 7.05 Å². The minimum atomic E-state index is -0.231. The summed E-state index contributed by atoms with van der Waals surface area (Å²) in [5, 5.41) is 11.6. The standard InChI is InChI=1S/C10H17N3O/c1-7(6-11)13(3)8(2)10(14)12-9-4-5-9/h7-9H,4-5H2,1-3H3,(H,12,14). The fourth-order valence-corrected chi connectivity index (χ4v) is 1.16. The highest BCUT2D eigenvalue weighted by molar-refractivity contribution is 5.81. The van der Waals surface area contributed by atoms with Crippen LogP contribution in [0.4, 0.5) is 0 Å². The van der Waals surface area contributed by atoms with Crippen LogP contribution in [0, 0.1) is 11.3 Å². The Morgan fingerprint density at radius 3 is 2.57 bits per heavy atom. The van der Waals surface area contributed by atoms with E-state index in [0.717, 1.165) is 12.8 Å². The fraction of sp³-hybridized carbons (Fsp3) is 0.800. The average molecular weight is 195 g/mol. The molecule has 1 amide bonds. The molecule has 1 fully saturated rings. The maximum atomic E-state index is 11.6. The molecule has 2 unspecified atom stereocenters. The molecule has 0 aromatic rings. The van der Waals surface area contributed by atoms with E-state index < -0.39 is 0 Å². The average Bonchev–Trinajstić information content (AvgIpc) is 2.97. The van der Waals surface area contributed by atoms with Gasteiger partial charge in [-0.05, 0) is 33.7 Å². The van der Waals surface area contributed by atoms with Crippen LogP contribution < -0.4 is 5.32 Å². The van der Waals surface area contributed by atoms with E-state index in [1.165, 1.54) is 0 Å². The van der Waals surface area contributed by atoms with Gasteiger partial charge in [-0.2, -0.15) is 5.26 Å². The minimum absolute atomic E-state index is 0.0251. The van der Waals surface area contributed by atoms with E-state index in [2.05, 4.69) is 11.4 Å². The molecular weight excluding hydrogens is 178 g/mol. The summed E-state index contributed by atoms with van der Waals surface area (Å²) in [6, 6.07) is 2.04. The molecule has 0 spiro atoms. The lowest BCUT2D eigenvalue weighted by atomic mass is 10.2. The van der Waals surface area contributed by atoms with Crippen molar-refractivity contribution in [3.05, 3.63) is 0 Å². The maximum Gasteiger partial charge on any atom is 0.237 e. The topological polar surface area (TPSA) is 56.1 Å². The normalized spacial score (nSPS) is 19.9. The maximum absolute atomic E-state index is 11.6. The quantitative estimate of drug-likeness (QED) is 0.710. The molecule has 78 valence electrons. The molecule has 0 aliphatic heterocycles. The SMILES string of the molecule is CC(C#N)N(C)C(C)C(=O)NC1CC1. The smallest absolute Gasteiger partial charge is 0.237 e. The van der Waals surface area contributed by atoms with Crippen LogP contribution in [0.15, 0.2) is 0 Å². The van der Waals surface area contributed by atoms with E-state index in [1.54, 1.807) is 18.9 Å². The van der Waals surface area contributed by atoms with E-state index in [9.17, 15) is 4.79 Å². The number of rotatable bonds is 4. The summed E-state index contributed by atoms with van der Waals surface area (Å²) in [5.41, 5.74) is 0. The van der Waals surface area contributed by atoms with Gasteiger partial charge in [0.25, 0.3) is 0 Å². The van der Waals surface area contributed by atoms with Crippen LogP contribution in [0.1, 0.15) is 26.7 Å². The molecule has 0 heterocycles. The number of nitrogens with one attached hydrogen (secondary N) is 1. The minimum Gasteiger partial charge on any atom is -0.352 e. The van der Waals surface area contributed by atoms with Gasteiger partial charge in [0, 0.05) is 6.04 Å². The van der Waals surface area contributed by atoms with Gasteiger partial charge in [0.05, 0.1) is 18.2 Å². The second-order valence-electron chi connectivity index (χ2n) is 3.93. The van der Waals surface area contributed by atoms with Crippen LogP contribution in [0.25, 0.3) is 0 Å². The number of amides is 1. The largest absolute Gasteiger partial charge is 0.352 e. The first kappa shape index (κ1) is 11.0. The molecule has 2 atom stereocenters. The van der Waals surface area contributed by atoms with Crippen LogP contribution >= 0.6 is 0 Å². The predicted octanol–water partition coefficient (Wildman–Crippen LogP) is 0.497. The third-order valence-electron chi connectivity index (χ3n) is 2.71. The first-order valence-corrected chi connectivity index (χ1v) is 4.98. The molecule has 0 radical (unpaired) electrons. The van der Waals surface area contributed by atoms with Crippen LogP contribution in [0.5, 0.6) is 0 Å². The second-order valence-corrected chi connectivity index (χ2v) is 3.93. The third-order valence-corrected chi connectivity index (χ3v) is 2.71. The number of hydrogen-bond donors (Lipinski definition) is 1. The first-order chi connectivity index (χ1) is 6.56. The second kappa shape index (κ2) is 4.43. The number of carbonyl (C=O) groups excluding carboxylic acids is 1. The summed E-state index contributed by atoms with van der Waals surface area (Å²) in [6.07, 6.45) is 2.19. The van der Waals surface area contributed by atoms with Crippen molar-refractivity contribution >= 4 is 5.91 Å². The summed E-state index contributed by atoms with van der Waals surface area (Å²) >= 11 is 0. The van der Waals surface area contributed by atoms with Crippen LogP contribution in [0.3, 0.4) is 0 Å². The molecular formula is C10H17N3O. The zero-order chi connectivity index (χ0) is 10.7. The molecule has 0 saturated heterocycles. The van der Waals surface area contributed by atoms with Crippen molar-refractivity contribution < 1.29 is 4.79 Å². The van der Waals surface area contributed by atoms with Crippen molar-refractivity contribution in [2.45, 2.75) is 44.8 Å². The monoisotopic (exact) mass is 195 g/mol. The summed E-state index contributed by atoms with van der Waals surface area (Å²) < 4.78 is 0. The zero-order valence-electron chi connectivity index (χ0n) is 8.95. The first-order valence-electron chi connectivity index (χ1n) is 4.98. The Balaban J connectivity index is 2.41. The van der Waals surface area contributed by atoms with Crippen molar-refractivity contribution in [1.29, 1.82) is 5.26 Å². The van der Waals surface area contributed by atoms with Crippen LogP contribution in [-0.2, 0) is 4.79 Å². The Hall–Kier alpha value is -1.08. The molecule has 1 aliphatic rings. The number of nitrogens with zero attached hydrogens (tertiary/aromatic N) is 2. The lowest BCUT2D eigenvalue weighted by Crippen LogP contribution is -2.47. The van der Waals surface area contributed by atoms with Crippen molar-refractivity contribution in [3.8, 4) is 6.07 Å². The van der Waals surface area contributed by atoms with Gasteiger partial charge in [-0.3, -0.25) is 9.69 Å². The highest BCUT2D eigenvalue weighted by atomic mass is 16.2. The van der Waals surface area contributed by atoms with Gasteiger partial charge < -0.3 is 5.32 Å². The molecule has 4 heteroatoms. The molecule has 1 N–H and O–H groups in total. The van der Waals surface area contributed by atoms with Gasteiger partial charge in [0.1, 0.15) is 0 Å². The van der Waals surface area contributed by atoms with Crippen molar-refractivity contribution in [2.24, 2.45) is 0 Å². The van der Waals surface area contributed by atoms with E-state index in [0.29, 0.717) is 6.04 Å². The van der Waals surface area contributed by atoms with Gasteiger partial charge in [0.2, 0.25) is 5.91 Å². The Morgan fingerprint density at radius 1 is 1.57 bits per heavy atom. The number of nitriles is 1. The Kier molecular flexibility index (Phi) is 3.48. The van der Waals surface area contributed by atoms with Crippen molar-refractivity contribution in [3.63, 3.8) is 0 Å².